The SMILES string of the molecule is COC(=O)C(Cc1ccc(O)cc1)NC(=O)C(COCc1ccccc1)NC(=O)OCc1ccccc1. The second-order valence-corrected chi connectivity index (χ2v) is 8.21. The summed E-state index contributed by atoms with van der Waals surface area (Å²) in [6.07, 6.45) is -0.685. The van der Waals surface area contributed by atoms with Crippen molar-refractivity contribution >= 4 is 18.0 Å². The Labute approximate surface area is 215 Å². The Morgan fingerprint density at radius 3 is 1.95 bits per heavy atom. The van der Waals surface area contributed by atoms with Gasteiger partial charge in [-0.3, -0.25) is 4.79 Å². The van der Waals surface area contributed by atoms with E-state index < -0.39 is 30.1 Å². The molecule has 0 aliphatic rings. The lowest BCUT2D eigenvalue weighted by Crippen LogP contribution is -2.54. The second kappa shape index (κ2) is 14.3. The van der Waals surface area contributed by atoms with Crippen molar-refractivity contribution in [2.24, 2.45) is 0 Å². The minimum atomic E-state index is -1.14. The number of aromatic hydroxyl groups is 1. The van der Waals surface area contributed by atoms with Crippen molar-refractivity contribution in [2.45, 2.75) is 31.7 Å². The van der Waals surface area contributed by atoms with Crippen LogP contribution in [0, 0.1) is 0 Å². The van der Waals surface area contributed by atoms with Gasteiger partial charge in [0.2, 0.25) is 5.91 Å². The van der Waals surface area contributed by atoms with Gasteiger partial charge in [-0.25, -0.2) is 9.59 Å². The number of carbonyl (C=O) groups excluding carboxylic acids is 3. The first-order valence-electron chi connectivity index (χ1n) is 11.7. The van der Waals surface area contributed by atoms with Crippen LogP contribution in [0.2, 0.25) is 0 Å². The average molecular weight is 507 g/mol. The van der Waals surface area contributed by atoms with Crippen LogP contribution in [0.4, 0.5) is 4.79 Å². The van der Waals surface area contributed by atoms with Crippen molar-refractivity contribution in [3.8, 4) is 5.75 Å². The van der Waals surface area contributed by atoms with Crippen LogP contribution < -0.4 is 10.6 Å². The maximum atomic E-state index is 13.2. The molecule has 3 aromatic rings. The highest BCUT2D eigenvalue weighted by molar-refractivity contribution is 5.89. The predicted octanol–water partition coefficient (Wildman–Crippen LogP) is 3.10. The number of carbonyl (C=O) groups is 3. The van der Waals surface area contributed by atoms with Gasteiger partial charge in [-0.05, 0) is 28.8 Å². The normalized spacial score (nSPS) is 12.1. The van der Waals surface area contributed by atoms with E-state index >= 15 is 0 Å². The van der Waals surface area contributed by atoms with Gasteiger partial charge in [0.05, 0.1) is 20.3 Å². The number of rotatable bonds is 12. The summed E-state index contributed by atoms with van der Waals surface area (Å²) in [4.78, 5) is 38.0. The Morgan fingerprint density at radius 1 is 0.757 bits per heavy atom. The summed E-state index contributed by atoms with van der Waals surface area (Å²) in [6.45, 7) is 0.0884. The number of alkyl carbamates (subject to hydrolysis) is 1. The molecular weight excluding hydrogens is 476 g/mol. The summed E-state index contributed by atoms with van der Waals surface area (Å²) in [5.74, 6) is -1.22. The van der Waals surface area contributed by atoms with E-state index in [-0.39, 0.29) is 32.0 Å². The van der Waals surface area contributed by atoms with Gasteiger partial charge in [0.25, 0.3) is 0 Å². The highest BCUT2D eigenvalue weighted by Crippen LogP contribution is 2.12. The van der Waals surface area contributed by atoms with Crippen LogP contribution in [0.1, 0.15) is 16.7 Å². The molecule has 0 bridgehead atoms. The second-order valence-electron chi connectivity index (χ2n) is 8.21. The van der Waals surface area contributed by atoms with Crippen molar-refractivity contribution in [3.05, 3.63) is 102 Å². The molecule has 0 aliphatic heterocycles. The van der Waals surface area contributed by atoms with Gasteiger partial charge >= 0.3 is 12.1 Å². The van der Waals surface area contributed by atoms with E-state index in [4.69, 9.17) is 14.2 Å². The Morgan fingerprint density at radius 2 is 1.35 bits per heavy atom. The standard InChI is InChI=1S/C28H30N2O7/c1-35-27(33)24(16-20-12-14-23(31)15-13-20)29-26(32)25(19-36-17-21-8-4-2-5-9-21)30-28(34)37-18-22-10-6-3-7-11-22/h2-15,24-25,31H,16-19H2,1H3,(H,29,32)(H,30,34). The molecule has 0 spiro atoms. The smallest absolute Gasteiger partial charge is 0.408 e. The molecule has 3 aromatic carbocycles. The zero-order chi connectivity index (χ0) is 26.5. The molecule has 194 valence electrons. The number of hydrogen-bond acceptors (Lipinski definition) is 7. The van der Waals surface area contributed by atoms with Gasteiger partial charge in [0.15, 0.2) is 0 Å². The van der Waals surface area contributed by atoms with Crippen LogP contribution >= 0.6 is 0 Å². The van der Waals surface area contributed by atoms with Crippen molar-refractivity contribution in [2.75, 3.05) is 13.7 Å². The lowest BCUT2D eigenvalue weighted by Gasteiger charge is -2.22. The summed E-state index contributed by atoms with van der Waals surface area (Å²) in [5, 5.41) is 14.7. The summed E-state index contributed by atoms with van der Waals surface area (Å²) in [6, 6.07) is 22.6. The van der Waals surface area contributed by atoms with E-state index in [2.05, 4.69) is 10.6 Å². The molecule has 2 amide bonds. The van der Waals surface area contributed by atoms with Gasteiger partial charge in [-0.1, -0.05) is 72.8 Å². The Hall–Kier alpha value is -4.37. The molecule has 3 rings (SSSR count). The van der Waals surface area contributed by atoms with Crippen LogP contribution in [0.3, 0.4) is 0 Å². The predicted molar refractivity (Wildman–Crippen MR) is 135 cm³/mol. The number of hydrogen-bond donors (Lipinski definition) is 3. The molecule has 2 atom stereocenters. The topological polar surface area (TPSA) is 123 Å². The van der Waals surface area contributed by atoms with E-state index in [1.807, 2.05) is 60.7 Å². The number of ether oxygens (including phenoxy) is 3. The van der Waals surface area contributed by atoms with Gasteiger partial charge in [0, 0.05) is 6.42 Å². The molecule has 0 saturated carbocycles. The maximum absolute atomic E-state index is 13.2. The fourth-order valence-electron chi connectivity index (χ4n) is 3.43. The summed E-state index contributed by atoms with van der Waals surface area (Å²) < 4.78 is 15.8. The third-order valence-electron chi connectivity index (χ3n) is 5.40. The van der Waals surface area contributed by atoms with Gasteiger partial charge in [-0.2, -0.15) is 0 Å². The first-order valence-corrected chi connectivity index (χ1v) is 11.7. The highest BCUT2D eigenvalue weighted by atomic mass is 16.5. The molecule has 0 aliphatic carbocycles. The molecule has 0 fully saturated rings. The summed E-state index contributed by atoms with van der Waals surface area (Å²) in [7, 11) is 1.22. The molecule has 3 N–H and O–H groups in total. The molecule has 2 unspecified atom stereocenters. The number of esters is 1. The van der Waals surface area contributed by atoms with E-state index in [1.54, 1.807) is 12.1 Å². The minimum absolute atomic E-state index is 0.0253. The fourth-order valence-corrected chi connectivity index (χ4v) is 3.43. The largest absolute Gasteiger partial charge is 0.508 e. The van der Waals surface area contributed by atoms with E-state index in [0.717, 1.165) is 11.1 Å². The molecule has 0 aromatic heterocycles. The number of amides is 2. The molecule has 37 heavy (non-hydrogen) atoms. The van der Waals surface area contributed by atoms with E-state index in [0.29, 0.717) is 5.56 Å². The highest BCUT2D eigenvalue weighted by Gasteiger charge is 2.28. The number of phenolic OH excluding ortho intramolecular Hbond substituents is 1. The minimum Gasteiger partial charge on any atom is -0.508 e. The van der Waals surface area contributed by atoms with Crippen molar-refractivity contribution in [3.63, 3.8) is 0 Å². The van der Waals surface area contributed by atoms with E-state index in [1.165, 1.54) is 19.2 Å². The van der Waals surface area contributed by atoms with Crippen LogP contribution in [0.15, 0.2) is 84.9 Å². The molecule has 0 heterocycles. The average Bonchev–Trinajstić information content (AvgIpc) is 2.92. The van der Waals surface area contributed by atoms with Crippen molar-refractivity contribution < 1.29 is 33.7 Å². The summed E-state index contributed by atoms with van der Waals surface area (Å²) in [5.41, 5.74) is 2.38. The number of phenols is 1. The Balaban J connectivity index is 1.66. The van der Waals surface area contributed by atoms with Gasteiger partial charge in [0.1, 0.15) is 24.4 Å². The molecule has 0 saturated heterocycles. The number of methoxy groups -OCH3 is 1. The number of nitrogens with one attached hydrogen (secondary N) is 2. The van der Waals surface area contributed by atoms with E-state index in [9.17, 15) is 19.5 Å². The lowest BCUT2D eigenvalue weighted by atomic mass is 10.1. The first kappa shape index (κ1) is 27.2. The van der Waals surface area contributed by atoms with Gasteiger partial charge in [-0.15, -0.1) is 0 Å². The van der Waals surface area contributed by atoms with Crippen molar-refractivity contribution in [1.82, 2.24) is 10.6 Å². The van der Waals surface area contributed by atoms with Crippen molar-refractivity contribution in [1.29, 1.82) is 0 Å². The quantitative estimate of drug-likeness (QED) is 0.323. The first-order chi connectivity index (χ1) is 17.9. The monoisotopic (exact) mass is 506 g/mol. The third kappa shape index (κ3) is 9.30. The lowest BCUT2D eigenvalue weighted by molar-refractivity contribution is -0.145. The van der Waals surface area contributed by atoms with Crippen LogP contribution in [0.25, 0.3) is 0 Å². The van der Waals surface area contributed by atoms with Crippen LogP contribution in [-0.2, 0) is 43.4 Å². The number of benzene rings is 3. The fraction of sp³-hybridized carbons (Fsp3) is 0.250. The molecule has 0 radical (unpaired) electrons. The summed E-state index contributed by atoms with van der Waals surface area (Å²) >= 11 is 0. The van der Waals surface area contributed by atoms with Crippen LogP contribution in [0.5, 0.6) is 5.75 Å². The molecule has 9 heteroatoms. The Bertz CT molecular complexity index is 1140. The molecular formula is C28H30N2O7. The maximum Gasteiger partial charge on any atom is 0.408 e. The third-order valence-corrected chi connectivity index (χ3v) is 5.40. The zero-order valence-electron chi connectivity index (χ0n) is 20.5. The zero-order valence-corrected chi connectivity index (χ0v) is 20.5. The van der Waals surface area contributed by atoms with Crippen LogP contribution in [-0.4, -0.2) is 48.9 Å². The Kier molecular flexibility index (Phi) is 10.5. The van der Waals surface area contributed by atoms with Gasteiger partial charge < -0.3 is 30.0 Å². The molecule has 9 nitrogen and oxygen atoms in total.